The zero-order valence-corrected chi connectivity index (χ0v) is 10.4. The molecule has 1 aromatic carbocycles. The van der Waals surface area contributed by atoms with E-state index >= 15 is 0 Å². The molecule has 0 atom stereocenters. The third-order valence-electron chi connectivity index (χ3n) is 1.87. The van der Waals surface area contributed by atoms with Crippen molar-refractivity contribution in [1.29, 1.82) is 0 Å². The van der Waals surface area contributed by atoms with Crippen molar-refractivity contribution in [2.75, 3.05) is 0 Å². The van der Waals surface area contributed by atoms with Gasteiger partial charge in [-0.3, -0.25) is 20.4 Å². The van der Waals surface area contributed by atoms with Gasteiger partial charge in [-0.25, -0.2) is 8.78 Å². The molecule has 0 bridgehead atoms. The summed E-state index contributed by atoms with van der Waals surface area (Å²) in [7, 11) is 0. The Kier molecular flexibility index (Phi) is 4.56. The summed E-state index contributed by atoms with van der Waals surface area (Å²) < 4.78 is 26.8. The molecule has 17 heavy (non-hydrogen) atoms. The van der Waals surface area contributed by atoms with Crippen molar-refractivity contribution in [3.8, 4) is 0 Å². The molecular weight excluding hydrogens is 298 g/mol. The van der Waals surface area contributed by atoms with E-state index in [1.54, 1.807) is 6.92 Å². The first-order valence-corrected chi connectivity index (χ1v) is 5.48. The number of hydrazine groups is 1. The Morgan fingerprint density at radius 3 is 2.24 bits per heavy atom. The zero-order valence-electron chi connectivity index (χ0n) is 8.81. The average molecular weight is 307 g/mol. The van der Waals surface area contributed by atoms with Crippen LogP contribution in [0.1, 0.15) is 23.7 Å². The monoisotopic (exact) mass is 306 g/mol. The van der Waals surface area contributed by atoms with Crippen molar-refractivity contribution in [1.82, 2.24) is 10.9 Å². The van der Waals surface area contributed by atoms with Gasteiger partial charge in [0.15, 0.2) is 0 Å². The lowest BCUT2D eigenvalue weighted by molar-refractivity contribution is -0.121. The Morgan fingerprint density at radius 2 is 1.76 bits per heavy atom. The second kappa shape index (κ2) is 5.72. The van der Waals surface area contributed by atoms with E-state index in [4.69, 9.17) is 0 Å². The van der Waals surface area contributed by atoms with Gasteiger partial charge in [-0.05, 0) is 12.1 Å². The van der Waals surface area contributed by atoms with E-state index in [1.165, 1.54) is 0 Å². The Labute approximate surface area is 104 Å². The van der Waals surface area contributed by atoms with E-state index in [1.807, 2.05) is 10.9 Å². The topological polar surface area (TPSA) is 58.2 Å². The Balaban J connectivity index is 2.86. The summed E-state index contributed by atoms with van der Waals surface area (Å²) in [5.41, 5.74) is 3.19. The normalized spacial score (nSPS) is 9.88. The van der Waals surface area contributed by atoms with Crippen molar-refractivity contribution in [2.24, 2.45) is 0 Å². The van der Waals surface area contributed by atoms with Gasteiger partial charge in [0.2, 0.25) is 5.91 Å². The third-order valence-corrected chi connectivity index (χ3v) is 2.33. The molecule has 4 nitrogen and oxygen atoms in total. The minimum atomic E-state index is -1.05. The van der Waals surface area contributed by atoms with Gasteiger partial charge in [0, 0.05) is 10.9 Å². The lowest BCUT2D eigenvalue weighted by atomic mass is 10.2. The van der Waals surface area contributed by atoms with Gasteiger partial charge in [-0.1, -0.05) is 22.9 Å². The summed E-state index contributed by atoms with van der Waals surface area (Å²) in [4.78, 5) is 22.2. The Morgan fingerprint density at radius 1 is 1.24 bits per heavy atom. The van der Waals surface area contributed by atoms with Gasteiger partial charge in [0.05, 0.1) is 0 Å². The molecule has 0 spiro atoms. The molecule has 0 aliphatic rings. The fraction of sp³-hybridized carbons (Fsp3) is 0.200. The van der Waals surface area contributed by atoms with Gasteiger partial charge >= 0.3 is 0 Å². The van der Waals surface area contributed by atoms with Crippen molar-refractivity contribution in [3.63, 3.8) is 0 Å². The highest BCUT2D eigenvalue weighted by Gasteiger charge is 2.18. The van der Waals surface area contributed by atoms with Crippen LogP contribution in [-0.2, 0) is 4.79 Å². The first kappa shape index (κ1) is 13.6. The molecule has 0 radical (unpaired) electrons. The highest BCUT2D eigenvalue weighted by Crippen LogP contribution is 2.19. The molecule has 92 valence electrons. The van der Waals surface area contributed by atoms with Crippen LogP contribution in [0, 0.1) is 11.6 Å². The summed E-state index contributed by atoms with van der Waals surface area (Å²) in [5.74, 6) is -3.54. The molecule has 0 heterocycles. The SMILES string of the molecule is CCC(=O)NNC(=O)c1c(F)cc(Br)cc1F. The number of amides is 2. The molecule has 0 saturated carbocycles. The smallest absolute Gasteiger partial charge is 0.273 e. The van der Waals surface area contributed by atoms with Gasteiger partial charge in [0.1, 0.15) is 17.2 Å². The van der Waals surface area contributed by atoms with Crippen LogP contribution < -0.4 is 10.9 Å². The molecule has 1 rings (SSSR count). The largest absolute Gasteiger partial charge is 0.275 e. The van der Waals surface area contributed by atoms with Crippen molar-refractivity contribution in [2.45, 2.75) is 13.3 Å². The van der Waals surface area contributed by atoms with E-state index in [2.05, 4.69) is 15.9 Å². The molecule has 0 saturated heterocycles. The summed E-state index contributed by atoms with van der Waals surface area (Å²) in [6.07, 6.45) is 0.144. The maximum absolute atomic E-state index is 13.3. The number of benzene rings is 1. The molecule has 0 aliphatic carbocycles. The van der Waals surface area contributed by atoms with Crippen LogP contribution in [0.3, 0.4) is 0 Å². The fourth-order valence-corrected chi connectivity index (χ4v) is 1.44. The highest BCUT2D eigenvalue weighted by atomic mass is 79.9. The fourth-order valence-electron chi connectivity index (χ4n) is 1.04. The lowest BCUT2D eigenvalue weighted by Crippen LogP contribution is -2.41. The number of carbonyl (C=O) groups is 2. The van der Waals surface area contributed by atoms with Crippen LogP contribution >= 0.6 is 15.9 Å². The van der Waals surface area contributed by atoms with E-state index in [-0.39, 0.29) is 10.9 Å². The maximum atomic E-state index is 13.3. The molecule has 0 aromatic heterocycles. The first-order chi connectivity index (χ1) is 7.95. The second-order valence-electron chi connectivity index (χ2n) is 3.10. The number of halogens is 3. The van der Waals surface area contributed by atoms with Crippen LogP contribution in [0.4, 0.5) is 8.78 Å². The van der Waals surface area contributed by atoms with Gasteiger partial charge in [-0.15, -0.1) is 0 Å². The molecule has 0 fully saturated rings. The number of hydrogen-bond donors (Lipinski definition) is 2. The third kappa shape index (κ3) is 3.48. The first-order valence-electron chi connectivity index (χ1n) is 4.69. The van der Waals surface area contributed by atoms with Crippen LogP contribution in [0.25, 0.3) is 0 Å². The van der Waals surface area contributed by atoms with Crippen LogP contribution in [0.15, 0.2) is 16.6 Å². The van der Waals surface area contributed by atoms with Gasteiger partial charge in [-0.2, -0.15) is 0 Å². The van der Waals surface area contributed by atoms with Crippen molar-refractivity contribution >= 4 is 27.7 Å². The average Bonchev–Trinajstić information content (AvgIpc) is 2.24. The number of hydrogen-bond acceptors (Lipinski definition) is 2. The predicted molar refractivity (Wildman–Crippen MR) is 60.0 cm³/mol. The highest BCUT2D eigenvalue weighted by molar-refractivity contribution is 9.10. The standard InChI is InChI=1S/C10H9BrF2N2O2/c1-2-8(16)14-15-10(17)9-6(12)3-5(11)4-7(9)13/h3-4H,2H2,1H3,(H,14,16)(H,15,17). The van der Waals surface area contributed by atoms with E-state index in [9.17, 15) is 18.4 Å². The summed E-state index contributed by atoms with van der Waals surface area (Å²) in [5, 5.41) is 0. The van der Waals surface area contributed by atoms with E-state index in [0.717, 1.165) is 12.1 Å². The number of carbonyl (C=O) groups excluding carboxylic acids is 2. The molecule has 2 N–H and O–H groups in total. The maximum Gasteiger partial charge on any atom is 0.275 e. The molecular formula is C10H9BrF2N2O2. The zero-order chi connectivity index (χ0) is 13.0. The number of rotatable bonds is 2. The van der Waals surface area contributed by atoms with Gasteiger partial charge < -0.3 is 0 Å². The quantitative estimate of drug-likeness (QED) is 0.820. The summed E-state index contributed by atoms with van der Waals surface area (Å²) >= 11 is 2.89. The Hall–Kier alpha value is -1.50. The molecule has 0 aliphatic heterocycles. The summed E-state index contributed by atoms with van der Waals surface area (Å²) in [6, 6.07) is 1.92. The Bertz CT molecular complexity index is 443. The van der Waals surface area contributed by atoms with Crippen LogP contribution in [0.2, 0.25) is 0 Å². The summed E-state index contributed by atoms with van der Waals surface area (Å²) in [6.45, 7) is 1.57. The van der Waals surface area contributed by atoms with E-state index in [0.29, 0.717) is 0 Å². The predicted octanol–water partition coefficient (Wildman–Crippen LogP) is 1.90. The number of nitrogens with one attached hydrogen (secondary N) is 2. The minimum Gasteiger partial charge on any atom is -0.273 e. The van der Waals surface area contributed by atoms with Crippen LogP contribution in [-0.4, -0.2) is 11.8 Å². The molecule has 0 unspecified atom stereocenters. The van der Waals surface area contributed by atoms with Crippen molar-refractivity contribution < 1.29 is 18.4 Å². The minimum absolute atomic E-state index is 0.144. The van der Waals surface area contributed by atoms with E-state index < -0.39 is 29.0 Å². The molecule has 2 amide bonds. The lowest BCUT2D eigenvalue weighted by Gasteiger charge is -2.08. The van der Waals surface area contributed by atoms with Crippen molar-refractivity contribution in [3.05, 3.63) is 33.8 Å². The molecule has 1 aromatic rings. The van der Waals surface area contributed by atoms with Gasteiger partial charge in [0.25, 0.3) is 5.91 Å². The second-order valence-corrected chi connectivity index (χ2v) is 4.02. The van der Waals surface area contributed by atoms with Crippen LogP contribution in [0.5, 0.6) is 0 Å². The molecule has 7 heteroatoms.